The summed E-state index contributed by atoms with van der Waals surface area (Å²) >= 11 is 0. The van der Waals surface area contributed by atoms with Gasteiger partial charge in [0.15, 0.2) is 0 Å². The zero-order valence-corrected chi connectivity index (χ0v) is 6.19. The number of nitrogens with two attached hydrogens (primary N) is 1. The first-order valence-corrected chi connectivity index (χ1v) is 3.53. The topological polar surface area (TPSA) is 38.0 Å². The molecule has 0 aliphatic rings. The Balaban J connectivity index is 2.75. The summed E-state index contributed by atoms with van der Waals surface area (Å²) < 4.78 is 0. The van der Waals surface area contributed by atoms with Gasteiger partial charge in [-0.2, -0.15) is 0 Å². The van der Waals surface area contributed by atoms with Crippen molar-refractivity contribution in [3.63, 3.8) is 0 Å². The van der Waals surface area contributed by atoms with E-state index in [9.17, 15) is 0 Å². The van der Waals surface area contributed by atoms with Gasteiger partial charge in [-0.05, 0) is 26.3 Å². The molecule has 2 heteroatoms. The highest BCUT2D eigenvalue weighted by Crippen LogP contribution is 1.96. The van der Waals surface area contributed by atoms with Gasteiger partial charge in [-0.15, -0.1) is 0 Å². The van der Waals surface area contributed by atoms with E-state index in [1.165, 1.54) is 12.8 Å². The van der Waals surface area contributed by atoms with Crippen LogP contribution in [0.4, 0.5) is 0 Å². The van der Waals surface area contributed by atoms with Crippen molar-refractivity contribution in [3.8, 4) is 0 Å². The molecule has 0 rings (SSSR count). The fourth-order valence-electron chi connectivity index (χ4n) is 0.716. The maximum absolute atomic E-state index is 5.54. The number of hydrogen-bond donors (Lipinski definition) is 2. The van der Waals surface area contributed by atoms with Crippen LogP contribution in [-0.4, -0.2) is 12.6 Å². The van der Waals surface area contributed by atoms with Crippen molar-refractivity contribution in [1.29, 1.82) is 0 Å². The van der Waals surface area contributed by atoms with Gasteiger partial charge < -0.3 is 11.1 Å². The molecule has 0 aliphatic carbocycles. The van der Waals surface area contributed by atoms with E-state index in [1.807, 2.05) is 6.92 Å². The Kier molecular flexibility index (Phi) is 5.99. The quantitative estimate of drug-likeness (QED) is 0.541. The third kappa shape index (κ3) is 7.92. The summed E-state index contributed by atoms with van der Waals surface area (Å²) in [7, 11) is 3.52. The average molecular weight is 129 g/mol. The first-order chi connectivity index (χ1) is 4.27. The molecule has 0 aliphatic heterocycles. The Hall–Kier alpha value is -0.0800. The third-order valence-electron chi connectivity index (χ3n) is 1.26. The molecular weight excluding hydrogens is 112 g/mol. The predicted octanol–water partition coefficient (Wildman–Crippen LogP) is 0.885. The molecule has 55 valence electrons. The van der Waals surface area contributed by atoms with Crippen molar-refractivity contribution < 1.29 is 0 Å². The molecular formula is C7H17N2. The van der Waals surface area contributed by atoms with Crippen LogP contribution < -0.4 is 11.1 Å². The van der Waals surface area contributed by atoms with E-state index < -0.39 is 0 Å². The lowest BCUT2D eigenvalue weighted by Crippen LogP contribution is -2.15. The van der Waals surface area contributed by atoms with Gasteiger partial charge in [0, 0.05) is 13.1 Å². The molecule has 0 fully saturated rings. The molecule has 0 spiro atoms. The minimum absolute atomic E-state index is 0.356. The molecule has 0 heterocycles. The van der Waals surface area contributed by atoms with Crippen LogP contribution in [0.25, 0.3) is 0 Å². The molecule has 3 N–H and O–H groups in total. The molecule has 0 aromatic carbocycles. The standard InChI is InChI=1S/C7H17N2/c1-7(8)5-3-4-6-9-2/h7,9H,2-6,8H2,1H3. The van der Waals surface area contributed by atoms with E-state index in [0.717, 1.165) is 13.0 Å². The second-order valence-electron chi connectivity index (χ2n) is 2.47. The van der Waals surface area contributed by atoms with Crippen LogP contribution in [0.5, 0.6) is 0 Å². The summed E-state index contributed by atoms with van der Waals surface area (Å²) in [5.41, 5.74) is 5.54. The van der Waals surface area contributed by atoms with Crippen LogP contribution >= 0.6 is 0 Å². The van der Waals surface area contributed by atoms with Gasteiger partial charge in [0.05, 0.1) is 0 Å². The second-order valence-corrected chi connectivity index (χ2v) is 2.47. The summed E-state index contributed by atoms with van der Waals surface area (Å²) in [6, 6.07) is 0.356. The smallest absolute Gasteiger partial charge is 0.00767 e. The molecule has 2 nitrogen and oxygen atoms in total. The van der Waals surface area contributed by atoms with Crippen molar-refractivity contribution in [2.45, 2.75) is 32.2 Å². The highest BCUT2D eigenvalue weighted by atomic mass is 14.8. The lowest BCUT2D eigenvalue weighted by atomic mass is 10.1. The maximum Gasteiger partial charge on any atom is 0.00767 e. The Morgan fingerprint density at radius 1 is 1.56 bits per heavy atom. The Morgan fingerprint density at radius 2 is 2.22 bits per heavy atom. The Bertz CT molecular complexity index is 52.9. The first-order valence-electron chi connectivity index (χ1n) is 3.53. The zero-order valence-electron chi connectivity index (χ0n) is 6.19. The molecule has 0 saturated heterocycles. The van der Waals surface area contributed by atoms with Crippen LogP contribution in [0.3, 0.4) is 0 Å². The fourth-order valence-corrected chi connectivity index (χ4v) is 0.716. The van der Waals surface area contributed by atoms with Crippen LogP contribution in [0.2, 0.25) is 0 Å². The number of unbranched alkanes of at least 4 members (excludes halogenated alkanes) is 1. The normalized spacial score (nSPS) is 13.7. The molecule has 0 aromatic heterocycles. The van der Waals surface area contributed by atoms with Crippen molar-refractivity contribution in [2.75, 3.05) is 6.54 Å². The number of rotatable bonds is 5. The third-order valence-corrected chi connectivity index (χ3v) is 1.26. The Morgan fingerprint density at radius 3 is 2.67 bits per heavy atom. The van der Waals surface area contributed by atoms with Gasteiger partial charge in [0.25, 0.3) is 0 Å². The van der Waals surface area contributed by atoms with Gasteiger partial charge in [0.2, 0.25) is 0 Å². The largest absolute Gasteiger partial charge is 0.328 e. The van der Waals surface area contributed by atoms with E-state index >= 15 is 0 Å². The van der Waals surface area contributed by atoms with E-state index in [-0.39, 0.29) is 0 Å². The minimum atomic E-state index is 0.356. The second kappa shape index (κ2) is 6.05. The summed E-state index contributed by atoms with van der Waals surface area (Å²) in [5.74, 6) is 0. The summed E-state index contributed by atoms with van der Waals surface area (Å²) in [6.07, 6.45) is 3.52. The lowest BCUT2D eigenvalue weighted by Gasteiger charge is -2.02. The van der Waals surface area contributed by atoms with Gasteiger partial charge in [-0.3, -0.25) is 0 Å². The van der Waals surface area contributed by atoms with Crippen LogP contribution in [0.1, 0.15) is 26.2 Å². The van der Waals surface area contributed by atoms with Crippen molar-refractivity contribution >= 4 is 0 Å². The fraction of sp³-hybridized carbons (Fsp3) is 0.857. The minimum Gasteiger partial charge on any atom is -0.328 e. The zero-order chi connectivity index (χ0) is 7.11. The van der Waals surface area contributed by atoms with E-state index in [4.69, 9.17) is 5.73 Å². The molecule has 9 heavy (non-hydrogen) atoms. The number of hydrogen-bond acceptors (Lipinski definition) is 2. The highest BCUT2D eigenvalue weighted by molar-refractivity contribution is 4.53. The molecule has 0 amide bonds. The maximum atomic E-state index is 5.54. The van der Waals surface area contributed by atoms with E-state index in [2.05, 4.69) is 12.4 Å². The lowest BCUT2D eigenvalue weighted by molar-refractivity contribution is 0.588. The molecule has 1 unspecified atom stereocenters. The summed E-state index contributed by atoms with van der Waals surface area (Å²) in [4.78, 5) is 0. The van der Waals surface area contributed by atoms with Gasteiger partial charge in [-0.25, -0.2) is 0 Å². The van der Waals surface area contributed by atoms with Crippen molar-refractivity contribution in [1.82, 2.24) is 5.32 Å². The van der Waals surface area contributed by atoms with Gasteiger partial charge >= 0.3 is 0 Å². The monoisotopic (exact) mass is 129 g/mol. The van der Waals surface area contributed by atoms with Crippen LogP contribution in [-0.2, 0) is 0 Å². The molecule has 1 atom stereocenters. The molecule has 0 aromatic rings. The first kappa shape index (κ1) is 8.92. The molecule has 0 saturated carbocycles. The van der Waals surface area contributed by atoms with Crippen LogP contribution in [0.15, 0.2) is 0 Å². The van der Waals surface area contributed by atoms with Gasteiger partial charge in [-0.1, -0.05) is 6.42 Å². The van der Waals surface area contributed by atoms with Crippen molar-refractivity contribution in [2.24, 2.45) is 5.73 Å². The predicted molar refractivity (Wildman–Crippen MR) is 40.9 cm³/mol. The SMILES string of the molecule is [CH2]NCCCCC(C)N. The van der Waals surface area contributed by atoms with E-state index in [0.29, 0.717) is 6.04 Å². The number of nitrogens with one attached hydrogen (secondary N) is 1. The molecule has 0 bridgehead atoms. The highest BCUT2D eigenvalue weighted by Gasteiger charge is 1.91. The Labute approximate surface area is 57.8 Å². The van der Waals surface area contributed by atoms with E-state index in [1.54, 1.807) is 0 Å². The molecule has 1 radical (unpaired) electrons. The average Bonchev–Trinajstić information content (AvgIpc) is 1.80. The van der Waals surface area contributed by atoms with Crippen molar-refractivity contribution in [3.05, 3.63) is 7.05 Å². The summed E-state index contributed by atoms with van der Waals surface area (Å²) in [5, 5.41) is 2.85. The van der Waals surface area contributed by atoms with Gasteiger partial charge in [0.1, 0.15) is 0 Å². The van der Waals surface area contributed by atoms with Crippen LogP contribution in [0, 0.1) is 7.05 Å². The summed E-state index contributed by atoms with van der Waals surface area (Å²) in [6.45, 7) is 3.05.